The summed E-state index contributed by atoms with van der Waals surface area (Å²) in [5, 5.41) is 9.73. The van der Waals surface area contributed by atoms with Crippen LogP contribution in [0.15, 0.2) is 9.70 Å². The molecule has 33 heavy (non-hydrogen) atoms. The lowest BCUT2D eigenvalue weighted by molar-refractivity contribution is -0.122. The number of unbranched alkanes of at least 4 members (excludes halogenated alkanes) is 2. The van der Waals surface area contributed by atoms with E-state index in [1.54, 1.807) is 16.4 Å². The number of hydrogen-bond acceptors (Lipinski definition) is 7. The molecule has 2 aliphatic rings. The number of amides is 1. The smallest absolute Gasteiger partial charge is 0.270 e. The summed E-state index contributed by atoms with van der Waals surface area (Å²) >= 11 is 6.78. The summed E-state index contributed by atoms with van der Waals surface area (Å²) in [4.78, 5) is 30.7. The molecule has 0 radical (unpaired) electrons. The maximum atomic E-state index is 13.2. The van der Waals surface area contributed by atoms with Crippen molar-refractivity contribution in [1.29, 1.82) is 5.26 Å². The van der Waals surface area contributed by atoms with E-state index in [0.29, 0.717) is 41.0 Å². The third-order valence-electron chi connectivity index (χ3n) is 6.02. The molecule has 2 aliphatic heterocycles. The lowest BCUT2D eigenvalue weighted by atomic mass is 10.0. The average Bonchev–Trinajstić information content (AvgIpc) is 3.02. The van der Waals surface area contributed by atoms with Crippen molar-refractivity contribution >= 4 is 46.1 Å². The molecular weight excluding hydrogens is 456 g/mol. The van der Waals surface area contributed by atoms with Crippen LogP contribution in [0.4, 0.5) is 5.82 Å². The van der Waals surface area contributed by atoms with Crippen molar-refractivity contribution < 1.29 is 9.53 Å². The number of aromatic nitrogens is 1. The number of nitriles is 1. The van der Waals surface area contributed by atoms with Gasteiger partial charge in [0.2, 0.25) is 0 Å². The summed E-state index contributed by atoms with van der Waals surface area (Å²) < 4.78 is 8.10. The Morgan fingerprint density at radius 2 is 1.88 bits per heavy atom. The zero-order valence-corrected chi connectivity index (χ0v) is 21.6. The van der Waals surface area contributed by atoms with Crippen LogP contribution < -0.4 is 10.5 Å². The van der Waals surface area contributed by atoms with Crippen LogP contribution in [0.2, 0.25) is 0 Å². The number of thioether (sulfide) groups is 1. The van der Waals surface area contributed by atoms with Crippen LogP contribution in [0.5, 0.6) is 0 Å². The zero-order chi connectivity index (χ0) is 24.3. The SMILES string of the molecule is CCCCCN1C(=O)C(=Cc2c(C)c(C#N)c(=O)n(CC)c2N2CC(C)OC(C)C2)SC1=S. The maximum absolute atomic E-state index is 13.2. The average molecular weight is 489 g/mol. The van der Waals surface area contributed by atoms with Crippen molar-refractivity contribution in [3.05, 3.63) is 31.9 Å². The van der Waals surface area contributed by atoms with E-state index in [0.717, 1.165) is 30.6 Å². The molecule has 2 atom stereocenters. The number of thiocarbonyl (C=S) groups is 1. The Hall–Kier alpha value is -2.15. The topological polar surface area (TPSA) is 78.6 Å². The normalized spacial score (nSPS) is 22.4. The first-order valence-electron chi connectivity index (χ1n) is 11.6. The quantitative estimate of drug-likeness (QED) is 0.325. The van der Waals surface area contributed by atoms with Crippen LogP contribution in [0.25, 0.3) is 6.08 Å². The van der Waals surface area contributed by atoms with Crippen molar-refractivity contribution in [3.63, 3.8) is 0 Å². The third-order valence-corrected chi connectivity index (χ3v) is 7.39. The first-order valence-corrected chi connectivity index (χ1v) is 12.8. The van der Waals surface area contributed by atoms with Crippen molar-refractivity contribution in [2.45, 2.75) is 72.6 Å². The van der Waals surface area contributed by atoms with E-state index in [2.05, 4.69) is 17.9 Å². The van der Waals surface area contributed by atoms with Gasteiger partial charge in [0.1, 0.15) is 21.8 Å². The standard InChI is InChI=1S/C24H32N4O3S2/c1-6-8-9-10-28-23(30)20(33-24(28)32)11-18-17(5)19(12-25)22(29)27(7-2)21(18)26-13-15(3)31-16(4)14-26/h11,15-16H,6-10,13-14H2,1-5H3. The highest BCUT2D eigenvalue weighted by Crippen LogP contribution is 2.36. The minimum absolute atomic E-state index is 0.00488. The predicted molar refractivity (Wildman–Crippen MR) is 137 cm³/mol. The number of anilines is 1. The van der Waals surface area contributed by atoms with E-state index in [4.69, 9.17) is 17.0 Å². The van der Waals surface area contributed by atoms with Crippen LogP contribution in [-0.4, -0.2) is 51.5 Å². The van der Waals surface area contributed by atoms with Crippen molar-refractivity contribution in [3.8, 4) is 6.07 Å². The number of rotatable bonds is 7. The number of pyridine rings is 1. The summed E-state index contributed by atoms with van der Waals surface area (Å²) in [6, 6.07) is 2.08. The number of nitrogens with zero attached hydrogens (tertiary/aromatic N) is 4. The predicted octanol–water partition coefficient (Wildman–Crippen LogP) is 4.05. The van der Waals surface area contributed by atoms with Crippen LogP contribution >= 0.6 is 24.0 Å². The van der Waals surface area contributed by atoms with Crippen LogP contribution in [-0.2, 0) is 16.1 Å². The Morgan fingerprint density at radius 3 is 2.45 bits per heavy atom. The molecule has 9 heteroatoms. The Kier molecular flexibility index (Phi) is 8.38. The highest BCUT2D eigenvalue weighted by molar-refractivity contribution is 8.26. The van der Waals surface area contributed by atoms with Gasteiger partial charge < -0.3 is 9.64 Å². The van der Waals surface area contributed by atoms with E-state index in [9.17, 15) is 14.9 Å². The molecule has 0 aromatic carbocycles. The van der Waals surface area contributed by atoms with Gasteiger partial charge in [-0.05, 0) is 45.8 Å². The van der Waals surface area contributed by atoms with Crippen LogP contribution in [0, 0.1) is 18.3 Å². The second-order valence-corrected chi connectivity index (χ2v) is 10.3. The highest BCUT2D eigenvalue weighted by atomic mass is 32.2. The first kappa shape index (κ1) is 25.5. The number of morpholine rings is 1. The van der Waals surface area contributed by atoms with Gasteiger partial charge in [-0.25, -0.2) is 0 Å². The minimum atomic E-state index is -0.302. The van der Waals surface area contributed by atoms with Gasteiger partial charge >= 0.3 is 0 Å². The van der Waals surface area contributed by atoms with Crippen molar-refractivity contribution in [2.75, 3.05) is 24.5 Å². The molecule has 0 bridgehead atoms. The number of carbonyl (C=O) groups is 1. The van der Waals surface area contributed by atoms with E-state index < -0.39 is 0 Å². The van der Waals surface area contributed by atoms with Crippen molar-refractivity contribution in [2.24, 2.45) is 0 Å². The zero-order valence-electron chi connectivity index (χ0n) is 20.0. The molecule has 3 rings (SSSR count). The Bertz CT molecular complexity index is 1060. The van der Waals surface area contributed by atoms with Gasteiger partial charge in [-0.1, -0.05) is 43.7 Å². The van der Waals surface area contributed by atoms with Crippen LogP contribution in [0.1, 0.15) is 63.6 Å². The van der Waals surface area contributed by atoms with Gasteiger partial charge in [-0.15, -0.1) is 0 Å². The molecule has 1 aromatic rings. The van der Waals surface area contributed by atoms with Gasteiger partial charge in [0.15, 0.2) is 0 Å². The molecule has 2 fully saturated rings. The number of hydrogen-bond donors (Lipinski definition) is 0. The molecule has 2 saturated heterocycles. The van der Waals surface area contributed by atoms with E-state index in [1.165, 1.54) is 11.8 Å². The molecule has 0 aliphatic carbocycles. The summed E-state index contributed by atoms with van der Waals surface area (Å²) in [6.45, 7) is 12.1. The minimum Gasteiger partial charge on any atom is -0.372 e. The summed E-state index contributed by atoms with van der Waals surface area (Å²) in [5.41, 5.74) is 1.12. The third kappa shape index (κ3) is 5.18. The summed E-state index contributed by atoms with van der Waals surface area (Å²) in [5.74, 6) is 0.625. The highest BCUT2D eigenvalue weighted by Gasteiger charge is 2.33. The number of ether oxygens (including phenoxy) is 1. The fourth-order valence-electron chi connectivity index (χ4n) is 4.47. The lowest BCUT2D eigenvalue weighted by Gasteiger charge is -2.39. The molecule has 2 unspecified atom stereocenters. The van der Waals surface area contributed by atoms with Gasteiger partial charge in [0.05, 0.1) is 17.1 Å². The molecular formula is C24H32N4O3S2. The molecule has 1 aromatic heterocycles. The fourth-order valence-corrected chi connectivity index (χ4v) is 5.76. The summed E-state index contributed by atoms with van der Waals surface area (Å²) in [7, 11) is 0. The monoisotopic (exact) mass is 488 g/mol. The van der Waals surface area contributed by atoms with Gasteiger partial charge in [0, 0.05) is 31.7 Å². The first-order chi connectivity index (χ1) is 15.7. The molecule has 0 spiro atoms. The molecule has 0 N–H and O–H groups in total. The molecule has 178 valence electrons. The van der Waals surface area contributed by atoms with Gasteiger partial charge in [0.25, 0.3) is 11.5 Å². The molecule has 3 heterocycles. The Balaban J connectivity index is 2.15. The second-order valence-electron chi connectivity index (χ2n) is 8.60. The van der Waals surface area contributed by atoms with E-state index >= 15 is 0 Å². The van der Waals surface area contributed by atoms with E-state index in [-0.39, 0.29) is 29.2 Å². The Labute approximate surface area is 205 Å². The largest absolute Gasteiger partial charge is 0.372 e. The maximum Gasteiger partial charge on any atom is 0.270 e. The molecule has 0 saturated carbocycles. The van der Waals surface area contributed by atoms with Gasteiger partial charge in [-0.2, -0.15) is 5.26 Å². The van der Waals surface area contributed by atoms with Gasteiger partial charge in [-0.3, -0.25) is 19.1 Å². The fraction of sp³-hybridized carbons (Fsp3) is 0.583. The number of carbonyl (C=O) groups excluding carboxylic acids is 1. The van der Waals surface area contributed by atoms with E-state index in [1.807, 2.05) is 26.8 Å². The summed E-state index contributed by atoms with van der Waals surface area (Å²) in [6.07, 6.45) is 4.83. The second kappa shape index (κ2) is 10.9. The van der Waals surface area contributed by atoms with Crippen molar-refractivity contribution in [1.82, 2.24) is 9.47 Å². The Morgan fingerprint density at radius 1 is 1.21 bits per heavy atom. The molecule has 7 nitrogen and oxygen atoms in total. The lowest BCUT2D eigenvalue weighted by Crippen LogP contribution is -2.48. The van der Waals surface area contributed by atoms with Crippen LogP contribution in [0.3, 0.4) is 0 Å². The molecule has 1 amide bonds.